The van der Waals surface area contributed by atoms with Crippen LogP contribution in [0.1, 0.15) is 24.0 Å². The number of hydrogen-bond donors (Lipinski definition) is 2. The summed E-state index contributed by atoms with van der Waals surface area (Å²) in [5.74, 6) is 0.287. The van der Waals surface area contributed by atoms with Gasteiger partial charge in [0.15, 0.2) is 0 Å². The molecule has 2 N–H and O–H groups in total. The Bertz CT molecular complexity index is 626. The Morgan fingerprint density at radius 2 is 1.23 bits per heavy atom. The summed E-state index contributed by atoms with van der Waals surface area (Å²) in [5.41, 5.74) is 1.40. The van der Waals surface area contributed by atoms with Crippen LogP contribution in [0.15, 0.2) is 36.4 Å². The van der Waals surface area contributed by atoms with Crippen molar-refractivity contribution in [2.24, 2.45) is 0 Å². The van der Waals surface area contributed by atoms with Crippen LogP contribution >= 0.6 is 23.2 Å². The number of carbonyl (C=O) groups is 1. The third-order valence-electron chi connectivity index (χ3n) is 3.44. The molecule has 0 unspecified atom stereocenters. The predicted molar refractivity (Wildman–Crippen MR) is 87.9 cm³/mol. The number of rotatable bonds is 6. The number of Topliss-reactive ketones (excluding diaryl/α,β-unsaturated/α-hetero) is 1. The molecule has 0 aromatic heterocycles. The van der Waals surface area contributed by atoms with E-state index in [1.165, 1.54) is 12.1 Å². The summed E-state index contributed by atoms with van der Waals surface area (Å²) in [5, 5.41) is 20.4. The average Bonchev–Trinajstić information content (AvgIpc) is 2.45. The highest BCUT2D eigenvalue weighted by Gasteiger charge is 2.09. The van der Waals surface area contributed by atoms with E-state index >= 15 is 0 Å². The van der Waals surface area contributed by atoms with Crippen molar-refractivity contribution >= 4 is 29.0 Å². The number of carbonyl (C=O) groups excluding carboxylic acids is 1. The van der Waals surface area contributed by atoms with Gasteiger partial charge in [-0.3, -0.25) is 4.79 Å². The molecule has 22 heavy (non-hydrogen) atoms. The minimum Gasteiger partial charge on any atom is -0.508 e. The minimum atomic E-state index is 0.0729. The number of phenols is 2. The number of halogens is 2. The highest BCUT2D eigenvalue weighted by molar-refractivity contribution is 6.31. The quantitative estimate of drug-likeness (QED) is 0.812. The zero-order valence-electron chi connectivity index (χ0n) is 11.9. The summed E-state index contributed by atoms with van der Waals surface area (Å²) < 4.78 is 0. The topological polar surface area (TPSA) is 57.5 Å². The number of aryl methyl sites for hydroxylation is 2. The summed E-state index contributed by atoms with van der Waals surface area (Å²) in [6, 6.07) is 9.74. The zero-order chi connectivity index (χ0) is 16.1. The molecule has 0 heterocycles. The monoisotopic (exact) mass is 338 g/mol. The van der Waals surface area contributed by atoms with Crippen molar-refractivity contribution in [1.82, 2.24) is 0 Å². The van der Waals surface area contributed by atoms with Crippen LogP contribution < -0.4 is 0 Å². The van der Waals surface area contributed by atoms with Crippen LogP contribution in [0.25, 0.3) is 0 Å². The van der Waals surface area contributed by atoms with Gasteiger partial charge in [-0.2, -0.15) is 0 Å². The molecule has 0 saturated heterocycles. The Labute approximate surface area is 139 Å². The van der Waals surface area contributed by atoms with Crippen LogP contribution in [-0.4, -0.2) is 16.0 Å². The maximum absolute atomic E-state index is 11.9. The van der Waals surface area contributed by atoms with Crippen LogP contribution in [0.2, 0.25) is 10.0 Å². The van der Waals surface area contributed by atoms with Crippen molar-refractivity contribution in [3.63, 3.8) is 0 Å². The molecule has 0 saturated carbocycles. The van der Waals surface area contributed by atoms with E-state index in [2.05, 4.69) is 0 Å². The second kappa shape index (κ2) is 7.52. The van der Waals surface area contributed by atoms with Crippen molar-refractivity contribution in [3.05, 3.63) is 57.6 Å². The lowest BCUT2D eigenvalue weighted by atomic mass is 10.0. The van der Waals surface area contributed by atoms with Gasteiger partial charge in [-0.25, -0.2) is 0 Å². The highest BCUT2D eigenvalue weighted by atomic mass is 35.5. The summed E-state index contributed by atoms with van der Waals surface area (Å²) in [6.45, 7) is 0. The van der Waals surface area contributed by atoms with Gasteiger partial charge in [-0.1, -0.05) is 35.3 Å². The number of aromatic hydroxyl groups is 2. The lowest BCUT2D eigenvalue weighted by molar-refractivity contribution is -0.119. The van der Waals surface area contributed by atoms with Gasteiger partial charge in [0.2, 0.25) is 0 Å². The van der Waals surface area contributed by atoms with Gasteiger partial charge in [0.05, 0.1) is 0 Å². The Morgan fingerprint density at radius 3 is 1.59 bits per heavy atom. The number of phenolic OH excluding ortho intramolecular Hbond substituents is 2. The standard InChI is InChI=1S/C17H16Cl2O3/c18-13-5-1-11(16(21)9-13)3-7-15(20)8-4-12-2-6-14(19)10-17(12)22/h1-2,5-6,9-10,21-22H,3-4,7-8H2. The Balaban J connectivity index is 1.85. The van der Waals surface area contributed by atoms with E-state index in [0.29, 0.717) is 46.9 Å². The van der Waals surface area contributed by atoms with Crippen LogP contribution in [0.4, 0.5) is 0 Å². The predicted octanol–water partition coefficient (Wildman–Crippen LogP) is 4.54. The molecule has 0 spiro atoms. The van der Waals surface area contributed by atoms with Gasteiger partial charge in [0, 0.05) is 22.9 Å². The molecule has 0 aliphatic heterocycles. The normalized spacial score (nSPS) is 10.6. The molecule has 2 aromatic carbocycles. The SMILES string of the molecule is O=C(CCc1ccc(Cl)cc1O)CCc1ccc(Cl)cc1O. The Kier molecular flexibility index (Phi) is 5.69. The molecule has 0 fully saturated rings. The van der Waals surface area contributed by atoms with Gasteiger partial charge in [-0.05, 0) is 48.2 Å². The first-order valence-corrected chi connectivity index (χ1v) is 7.68. The lowest BCUT2D eigenvalue weighted by Crippen LogP contribution is -2.02. The molecule has 0 amide bonds. The van der Waals surface area contributed by atoms with E-state index < -0.39 is 0 Å². The Morgan fingerprint density at radius 1 is 0.818 bits per heavy atom. The average molecular weight is 339 g/mol. The summed E-state index contributed by atoms with van der Waals surface area (Å²) in [7, 11) is 0. The molecule has 116 valence electrons. The van der Waals surface area contributed by atoms with Gasteiger partial charge in [-0.15, -0.1) is 0 Å². The number of benzene rings is 2. The zero-order valence-corrected chi connectivity index (χ0v) is 13.4. The molecule has 0 aliphatic rings. The molecule has 0 bridgehead atoms. The van der Waals surface area contributed by atoms with E-state index in [4.69, 9.17) is 23.2 Å². The second-order valence-corrected chi connectivity index (χ2v) is 5.96. The van der Waals surface area contributed by atoms with Crippen LogP contribution in [0, 0.1) is 0 Å². The van der Waals surface area contributed by atoms with Crippen LogP contribution in [0.5, 0.6) is 11.5 Å². The number of ketones is 1. The second-order valence-electron chi connectivity index (χ2n) is 5.08. The summed E-state index contributed by atoms with van der Waals surface area (Å²) in [4.78, 5) is 11.9. The van der Waals surface area contributed by atoms with E-state index in [9.17, 15) is 15.0 Å². The third kappa shape index (κ3) is 4.65. The van der Waals surface area contributed by atoms with Gasteiger partial charge in [0.1, 0.15) is 17.3 Å². The molecule has 0 radical (unpaired) electrons. The lowest BCUT2D eigenvalue weighted by Gasteiger charge is -2.06. The smallest absolute Gasteiger partial charge is 0.133 e. The van der Waals surface area contributed by atoms with E-state index in [0.717, 1.165) is 0 Å². The molecule has 0 aliphatic carbocycles. The van der Waals surface area contributed by atoms with Crippen molar-refractivity contribution in [2.45, 2.75) is 25.7 Å². The van der Waals surface area contributed by atoms with E-state index in [-0.39, 0.29) is 17.3 Å². The molecular formula is C17H16Cl2O3. The molecule has 3 nitrogen and oxygen atoms in total. The van der Waals surface area contributed by atoms with Crippen molar-refractivity contribution in [2.75, 3.05) is 0 Å². The van der Waals surface area contributed by atoms with Crippen LogP contribution in [-0.2, 0) is 17.6 Å². The summed E-state index contributed by atoms with van der Waals surface area (Å²) in [6.07, 6.45) is 1.61. The molecule has 5 heteroatoms. The molecule has 2 rings (SSSR count). The molecule has 0 atom stereocenters. The van der Waals surface area contributed by atoms with Crippen molar-refractivity contribution in [1.29, 1.82) is 0 Å². The molecular weight excluding hydrogens is 323 g/mol. The first-order valence-electron chi connectivity index (χ1n) is 6.92. The third-order valence-corrected chi connectivity index (χ3v) is 3.91. The number of hydrogen-bond acceptors (Lipinski definition) is 3. The van der Waals surface area contributed by atoms with E-state index in [1.54, 1.807) is 24.3 Å². The highest BCUT2D eigenvalue weighted by Crippen LogP contribution is 2.25. The van der Waals surface area contributed by atoms with Crippen LogP contribution in [0.3, 0.4) is 0 Å². The van der Waals surface area contributed by atoms with Crippen molar-refractivity contribution in [3.8, 4) is 11.5 Å². The summed E-state index contributed by atoms with van der Waals surface area (Å²) >= 11 is 11.5. The first kappa shape index (κ1) is 16.7. The van der Waals surface area contributed by atoms with Gasteiger partial charge in [0.25, 0.3) is 0 Å². The van der Waals surface area contributed by atoms with Crippen molar-refractivity contribution < 1.29 is 15.0 Å². The fourth-order valence-electron chi connectivity index (χ4n) is 2.17. The maximum atomic E-state index is 11.9. The fourth-order valence-corrected chi connectivity index (χ4v) is 2.50. The largest absolute Gasteiger partial charge is 0.508 e. The van der Waals surface area contributed by atoms with Gasteiger partial charge < -0.3 is 10.2 Å². The first-order chi connectivity index (χ1) is 10.5. The maximum Gasteiger partial charge on any atom is 0.133 e. The minimum absolute atomic E-state index is 0.0729. The van der Waals surface area contributed by atoms with E-state index in [1.807, 2.05) is 0 Å². The molecule has 2 aromatic rings. The Hall–Kier alpha value is -1.71. The van der Waals surface area contributed by atoms with Gasteiger partial charge >= 0.3 is 0 Å². The fraction of sp³-hybridized carbons (Fsp3) is 0.235.